The minimum absolute atomic E-state index is 0.0113. The van der Waals surface area contributed by atoms with Crippen molar-refractivity contribution in [3.8, 4) is 0 Å². The first kappa shape index (κ1) is 31.4. The number of nitrogens with zero attached hydrogens (tertiary/aromatic N) is 1. The van der Waals surface area contributed by atoms with E-state index in [1.807, 2.05) is 65.0 Å². The predicted molar refractivity (Wildman–Crippen MR) is 156 cm³/mol. The van der Waals surface area contributed by atoms with Crippen molar-refractivity contribution in [3.63, 3.8) is 0 Å². The highest BCUT2D eigenvalue weighted by atomic mass is 32.2. The van der Waals surface area contributed by atoms with Crippen LogP contribution in [0, 0.1) is 18.8 Å². The predicted octanol–water partition coefficient (Wildman–Crippen LogP) is 4.53. The van der Waals surface area contributed by atoms with E-state index in [-0.39, 0.29) is 42.3 Å². The molecule has 0 aromatic heterocycles. The van der Waals surface area contributed by atoms with Crippen LogP contribution in [-0.2, 0) is 35.4 Å². The van der Waals surface area contributed by atoms with Gasteiger partial charge in [-0.15, -0.1) is 0 Å². The van der Waals surface area contributed by atoms with Crippen LogP contribution in [0.15, 0.2) is 59.5 Å². The molecule has 5 atom stereocenters. The molecule has 0 radical (unpaired) electrons. The molecule has 0 saturated carbocycles. The van der Waals surface area contributed by atoms with Crippen LogP contribution in [0.2, 0.25) is 0 Å². The Kier molecular flexibility index (Phi) is 10.8. The van der Waals surface area contributed by atoms with Crippen LogP contribution in [0.4, 0.5) is 4.79 Å². The van der Waals surface area contributed by atoms with Crippen LogP contribution in [0.1, 0.15) is 45.2 Å². The Hall–Kier alpha value is -2.50. The number of amides is 1. The molecule has 226 valence electrons. The first-order chi connectivity index (χ1) is 19.5. The molecule has 2 aliphatic rings. The normalized spacial score (nSPS) is 22.2. The molecule has 10 heteroatoms. The van der Waals surface area contributed by atoms with Crippen LogP contribution in [0.3, 0.4) is 0 Å². The SMILES string of the molecule is Cc1ccc(S(=O)(=O)N(CC(C)C)C[C@@H](OC(C)C)[C@H](Cc2ccccc2)NC(=O)O[C@H]2CO[C@H]3OCC[C@H]32)cc1. The Morgan fingerprint density at radius 2 is 1.73 bits per heavy atom. The zero-order chi connectivity index (χ0) is 29.6. The molecule has 2 saturated heterocycles. The lowest BCUT2D eigenvalue weighted by Crippen LogP contribution is -2.53. The minimum atomic E-state index is -3.83. The summed E-state index contributed by atoms with van der Waals surface area (Å²) in [5.41, 5.74) is 1.97. The van der Waals surface area contributed by atoms with E-state index < -0.39 is 34.4 Å². The molecule has 1 N–H and O–H groups in total. The molecule has 0 aliphatic carbocycles. The number of carbonyl (C=O) groups is 1. The zero-order valence-electron chi connectivity index (χ0n) is 24.7. The van der Waals surface area contributed by atoms with Gasteiger partial charge in [0, 0.05) is 13.1 Å². The molecule has 0 unspecified atom stereocenters. The van der Waals surface area contributed by atoms with Gasteiger partial charge in [0.05, 0.1) is 42.3 Å². The van der Waals surface area contributed by atoms with Crippen LogP contribution in [0.5, 0.6) is 0 Å². The number of carbonyl (C=O) groups excluding carboxylic acids is 1. The number of sulfonamides is 1. The van der Waals surface area contributed by atoms with Crippen molar-refractivity contribution in [3.05, 3.63) is 65.7 Å². The summed E-state index contributed by atoms with van der Waals surface area (Å²) in [4.78, 5) is 13.5. The van der Waals surface area contributed by atoms with E-state index in [4.69, 9.17) is 18.9 Å². The average Bonchev–Trinajstić information content (AvgIpc) is 3.53. The van der Waals surface area contributed by atoms with Gasteiger partial charge in [0.2, 0.25) is 10.0 Å². The Bertz CT molecular complexity index is 1220. The largest absolute Gasteiger partial charge is 0.443 e. The lowest BCUT2D eigenvalue weighted by atomic mass is 10.0. The van der Waals surface area contributed by atoms with E-state index in [9.17, 15) is 13.2 Å². The van der Waals surface area contributed by atoms with Crippen molar-refractivity contribution >= 4 is 16.1 Å². The third kappa shape index (κ3) is 8.51. The first-order valence-corrected chi connectivity index (χ1v) is 15.9. The van der Waals surface area contributed by atoms with E-state index in [2.05, 4.69) is 5.32 Å². The lowest BCUT2D eigenvalue weighted by molar-refractivity contribution is -0.0907. The maximum Gasteiger partial charge on any atom is 0.407 e. The zero-order valence-corrected chi connectivity index (χ0v) is 25.5. The van der Waals surface area contributed by atoms with Crippen molar-refractivity contribution in [2.45, 2.75) is 83.0 Å². The maximum absolute atomic E-state index is 13.9. The Morgan fingerprint density at radius 1 is 1.02 bits per heavy atom. The summed E-state index contributed by atoms with van der Waals surface area (Å²) in [5, 5.41) is 3.03. The molecule has 0 bridgehead atoms. The van der Waals surface area contributed by atoms with Crippen molar-refractivity contribution in [1.82, 2.24) is 9.62 Å². The second-order valence-electron chi connectivity index (χ2n) is 11.7. The molecule has 0 spiro atoms. The lowest BCUT2D eigenvalue weighted by Gasteiger charge is -2.34. The number of ether oxygens (including phenoxy) is 4. The summed E-state index contributed by atoms with van der Waals surface area (Å²) in [6.07, 6.45) is -0.964. The topological polar surface area (TPSA) is 103 Å². The Morgan fingerprint density at radius 3 is 2.39 bits per heavy atom. The number of rotatable bonds is 13. The number of aryl methyl sites for hydroxylation is 1. The molecular weight excluding hydrogens is 544 g/mol. The second-order valence-corrected chi connectivity index (χ2v) is 13.6. The van der Waals surface area contributed by atoms with Gasteiger partial charge < -0.3 is 24.3 Å². The van der Waals surface area contributed by atoms with Crippen LogP contribution >= 0.6 is 0 Å². The van der Waals surface area contributed by atoms with Crippen LogP contribution in [-0.4, -0.2) is 75.8 Å². The highest BCUT2D eigenvalue weighted by molar-refractivity contribution is 7.89. The standard InChI is InChI=1S/C31H44N2O7S/c1-21(2)18-33(41(35,36)25-13-11-23(5)12-14-25)19-28(39-22(3)4)27(17-24-9-7-6-8-10-24)32-31(34)40-29-20-38-30-26(29)15-16-37-30/h6-14,21-22,26-30H,15-20H2,1-5H3,(H,32,34)/t26-,27-,28+,29-,30+/m0/s1. The molecule has 2 aromatic carbocycles. The van der Waals surface area contributed by atoms with Gasteiger partial charge in [-0.1, -0.05) is 61.9 Å². The number of fused-ring (bicyclic) bond motifs is 1. The molecule has 2 heterocycles. The highest BCUT2D eigenvalue weighted by Crippen LogP contribution is 2.33. The van der Waals surface area contributed by atoms with E-state index in [1.165, 1.54) is 4.31 Å². The molecule has 2 aliphatic heterocycles. The molecule has 2 aromatic rings. The fourth-order valence-corrected chi connectivity index (χ4v) is 6.98. The van der Waals surface area contributed by atoms with Crippen molar-refractivity contribution in [1.29, 1.82) is 0 Å². The summed E-state index contributed by atoms with van der Waals surface area (Å²) >= 11 is 0. The van der Waals surface area contributed by atoms with E-state index in [0.29, 0.717) is 19.6 Å². The highest BCUT2D eigenvalue weighted by Gasteiger charge is 2.44. The van der Waals surface area contributed by atoms with Crippen molar-refractivity contribution < 1.29 is 32.2 Å². The van der Waals surface area contributed by atoms with Gasteiger partial charge in [0.25, 0.3) is 0 Å². The summed E-state index contributed by atoms with van der Waals surface area (Å²) < 4.78 is 52.6. The quantitative estimate of drug-likeness (QED) is 0.367. The first-order valence-electron chi connectivity index (χ1n) is 14.5. The van der Waals surface area contributed by atoms with Gasteiger partial charge >= 0.3 is 6.09 Å². The number of alkyl carbamates (subject to hydrolysis) is 1. The number of benzene rings is 2. The summed E-state index contributed by atoms with van der Waals surface area (Å²) in [5.74, 6) is 0.0848. The smallest absolute Gasteiger partial charge is 0.407 e. The molecule has 2 fully saturated rings. The van der Waals surface area contributed by atoms with Gasteiger partial charge in [-0.2, -0.15) is 4.31 Å². The molecule has 4 rings (SSSR count). The second kappa shape index (κ2) is 14.1. The Labute approximate surface area is 244 Å². The van der Waals surface area contributed by atoms with Crippen molar-refractivity contribution in [2.75, 3.05) is 26.3 Å². The summed E-state index contributed by atoms with van der Waals surface area (Å²) in [6.45, 7) is 10.9. The monoisotopic (exact) mass is 588 g/mol. The van der Waals surface area contributed by atoms with E-state index in [1.54, 1.807) is 24.3 Å². The van der Waals surface area contributed by atoms with Crippen LogP contribution < -0.4 is 5.32 Å². The maximum atomic E-state index is 13.9. The number of hydrogen-bond acceptors (Lipinski definition) is 7. The van der Waals surface area contributed by atoms with Gasteiger partial charge in [-0.25, -0.2) is 13.2 Å². The fourth-order valence-electron chi connectivity index (χ4n) is 5.37. The fraction of sp³-hybridized carbons (Fsp3) is 0.581. The average molecular weight is 589 g/mol. The van der Waals surface area contributed by atoms with Gasteiger partial charge in [0.15, 0.2) is 6.29 Å². The third-order valence-corrected chi connectivity index (χ3v) is 9.20. The summed E-state index contributed by atoms with van der Waals surface area (Å²) in [7, 11) is -3.83. The van der Waals surface area contributed by atoms with E-state index in [0.717, 1.165) is 17.5 Å². The molecule has 41 heavy (non-hydrogen) atoms. The number of nitrogens with one attached hydrogen (secondary N) is 1. The molecule has 9 nitrogen and oxygen atoms in total. The Balaban J connectivity index is 1.60. The molecular formula is C31H44N2O7S. The summed E-state index contributed by atoms with van der Waals surface area (Å²) in [6, 6.07) is 16.1. The minimum Gasteiger partial charge on any atom is -0.443 e. The van der Waals surface area contributed by atoms with Gasteiger partial charge in [-0.05, 0) is 57.2 Å². The van der Waals surface area contributed by atoms with Crippen LogP contribution in [0.25, 0.3) is 0 Å². The van der Waals surface area contributed by atoms with Gasteiger partial charge in [0.1, 0.15) is 6.10 Å². The third-order valence-electron chi connectivity index (χ3n) is 7.35. The number of hydrogen-bond donors (Lipinski definition) is 1. The molecule has 1 amide bonds. The van der Waals surface area contributed by atoms with E-state index >= 15 is 0 Å². The van der Waals surface area contributed by atoms with Crippen molar-refractivity contribution in [2.24, 2.45) is 11.8 Å². The van der Waals surface area contributed by atoms with Gasteiger partial charge in [-0.3, -0.25) is 0 Å².